The van der Waals surface area contributed by atoms with Crippen LogP contribution in [0.1, 0.15) is 22.6 Å². The minimum Gasteiger partial charge on any atom is -0.336 e. The van der Waals surface area contributed by atoms with E-state index in [0.29, 0.717) is 0 Å². The van der Waals surface area contributed by atoms with Crippen molar-refractivity contribution in [3.05, 3.63) is 95.6 Å². The van der Waals surface area contributed by atoms with Crippen LogP contribution < -0.4 is 4.90 Å². The summed E-state index contributed by atoms with van der Waals surface area (Å²) < 4.78 is 0. The van der Waals surface area contributed by atoms with Crippen molar-refractivity contribution in [3.8, 4) is 12.1 Å². The third-order valence-corrected chi connectivity index (χ3v) is 4.92. The van der Waals surface area contributed by atoms with Crippen molar-refractivity contribution < 1.29 is 0 Å². The summed E-state index contributed by atoms with van der Waals surface area (Å²) in [6, 6.07) is 30.9. The van der Waals surface area contributed by atoms with Gasteiger partial charge in [0.05, 0.1) is 12.1 Å². The molecule has 0 spiro atoms. The van der Waals surface area contributed by atoms with Gasteiger partial charge in [-0.1, -0.05) is 66.7 Å². The maximum absolute atomic E-state index is 9.54. The second kappa shape index (κ2) is 6.75. The Bertz CT molecular complexity index is 950. The van der Waals surface area contributed by atoms with Crippen LogP contribution in [0, 0.1) is 28.6 Å². The molecule has 0 saturated heterocycles. The molecule has 1 aliphatic rings. The molecule has 0 radical (unpaired) electrons. The molecule has 0 unspecified atom stereocenters. The van der Waals surface area contributed by atoms with E-state index in [1.165, 1.54) is 5.56 Å². The maximum atomic E-state index is 9.54. The van der Waals surface area contributed by atoms with Gasteiger partial charge in [0.25, 0.3) is 0 Å². The zero-order valence-electron chi connectivity index (χ0n) is 14.2. The van der Waals surface area contributed by atoms with Gasteiger partial charge in [-0.25, -0.2) is 0 Å². The molecule has 3 aromatic carbocycles. The van der Waals surface area contributed by atoms with Crippen molar-refractivity contribution in [2.24, 2.45) is 5.92 Å². The lowest BCUT2D eigenvalue weighted by Gasteiger charge is -2.38. The third kappa shape index (κ3) is 2.61. The van der Waals surface area contributed by atoms with Crippen LogP contribution in [0.5, 0.6) is 0 Å². The maximum Gasteiger partial charge on any atom is 0.144 e. The van der Waals surface area contributed by atoms with Crippen LogP contribution in [0.2, 0.25) is 0 Å². The predicted octanol–water partition coefficient (Wildman–Crippen LogP) is 5.13. The fraction of sp³-hybridized carbons (Fsp3) is 0.130. The summed E-state index contributed by atoms with van der Waals surface area (Å²) in [5.74, 6) is -0.944. The number of fused-ring (bicyclic) bond motifs is 2. The smallest absolute Gasteiger partial charge is 0.144 e. The van der Waals surface area contributed by atoms with Gasteiger partial charge in [0, 0.05) is 23.8 Å². The van der Waals surface area contributed by atoms with E-state index < -0.39 is 5.92 Å². The summed E-state index contributed by atoms with van der Waals surface area (Å²) in [7, 11) is 0. The van der Waals surface area contributed by atoms with Gasteiger partial charge in [0.2, 0.25) is 0 Å². The zero-order chi connectivity index (χ0) is 17.9. The van der Waals surface area contributed by atoms with E-state index in [-0.39, 0.29) is 5.92 Å². The summed E-state index contributed by atoms with van der Waals surface area (Å²) in [5, 5.41) is 19.1. The van der Waals surface area contributed by atoms with Gasteiger partial charge in [-0.3, -0.25) is 0 Å². The van der Waals surface area contributed by atoms with E-state index in [1.54, 1.807) is 0 Å². The van der Waals surface area contributed by atoms with E-state index in [4.69, 9.17) is 0 Å². The molecule has 0 atom stereocenters. The normalized spacial score (nSPS) is 12.8. The van der Waals surface area contributed by atoms with Crippen LogP contribution in [0.4, 0.5) is 11.4 Å². The van der Waals surface area contributed by atoms with Gasteiger partial charge in [-0.2, -0.15) is 10.5 Å². The molecule has 124 valence electrons. The molecule has 0 aromatic heterocycles. The van der Waals surface area contributed by atoms with E-state index in [0.717, 1.165) is 29.0 Å². The van der Waals surface area contributed by atoms with Gasteiger partial charge < -0.3 is 4.90 Å². The molecule has 26 heavy (non-hydrogen) atoms. The average Bonchev–Trinajstić information content (AvgIpc) is 2.71. The number of para-hydroxylation sites is 2. The number of hydrogen-bond acceptors (Lipinski definition) is 3. The van der Waals surface area contributed by atoms with Crippen molar-refractivity contribution in [2.45, 2.75) is 12.5 Å². The van der Waals surface area contributed by atoms with Gasteiger partial charge in [-0.05, 0) is 28.8 Å². The first-order valence-electron chi connectivity index (χ1n) is 8.62. The molecule has 0 bridgehead atoms. The molecule has 0 fully saturated rings. The molecule has 3 heteroatoms. The van der Waals surface area contributed by atoms with Crippen LogP contribution in [0.25, 0.3) is 0 Å². The van der Waals surface area contributed by atoms with Crippen molar-refractivity contribution in [2.75, 3.05) is 4.90 Å². The first-order chi connectivity index (χ1) is 12.8. The quantitative estimate of drug-likeness (QED) is 0.666. The first kappa shape index (κ1) is 15.9. The van der Waals surface area contributed by atoms with Gasteiger partial charge >= 0.3 is 0 Å². The van der Waals surface area contributed by atoms with E-state index in [2.05, 4.69) is 41.3 Å². The molecule has 1 aliphatic heterocycles. The minimum absolute atomic E-state index is 0.232. The highest BCUT2D eigenvalue weighted by atomic mass is 15.1. The lowest BCUT2D eigenvalue weighted by atomic mass is 9.77. The lowest BCUT2D eigenvalue weighted by Crippen LogP contribution is -2.27. The molecule has 4 rings (SSSR count). The summed E-state index contributed by atoms with van der Waals surface area (Å²) in [6.45, 7) is 0.741. The topological polar surface area (TPSA) is 50.8 Å². The fourth-order valence-electron chi connectivity index (χ4n) is 3.76. The number of rotatable bonds is 3. The summed E-state index contributed by atoms with van der Waals surface area (Å²) in [5.41, 5.74) is 5.42. The fourth-order valence-corrected chi connectivity index (χ4v) is 3.76. The number of hydrogen-bond donors (Lipinski definition) is 0. The number of nitriles is 2. The monoisotopic (exact) mass is 335 g/mol. The van der Waals surface area contributed by atoms with E-state index in [1.807, 2.05) is 54.6 Å². The second-order valence-electron chi connectivity index (χ2n) is 6.40. The lowest BCUT2D eigenvalue weighted by molar-refractivity contribution is 0.690. The standard InChI is InChI=1S/C23H17N3/c24-14-18(15-25)23-19-10-4-6-12-21(19)26(16-17-8-2-1-3-9-17)22-13-7-5-11-20(22)23/h1-13,18,23H,16H2. The highest BCUT2D eigenvalue weighted by molar-refractivity contribution is 5.76. The molecule has 0 aliphatic carbocycles. The molecule has 3 nitrogen and oxygen atoms in total. The summed E-state index contributed by atoms with van der Waals surface area (Å²) >= 11 is 0. The SMILES string of the molecule is N#CC(C#N)C1c2ccccc2N(Cc2ccccc2)c2ccccc21. The van der Waals surface area contributed by atoms with Crippen LogP contribution in [0.3, 0.4) is 0 Å². The molecule has 0 amide bonds. The van der Waals surface area contributed by atoms with Crippen molar-refractivity contribution in [3.63, 3.8) is 0 Å². The van der Waals surface area contributed by atoms with Crippen molar-refractivity contribution in [1.82, 2.24) is 0 Å². The van der Waals surface area contributed by atoms with Gasteiger partial charge in [0.1, 0.15) is 5.92 Å². The Hall–Kier alpha value is -3.56. The number of nitrogens with zero attached hydrogens (tertiary/aromatic N) is 3. The van der Waals surface area contributed by atoms with Crippen LogP contribution >= 0.6 is 0 Å². The molecule has 0 saturated carbocycles. The van der Waals surface area contributed by atoms with E-state index >= 15 is 0 Å². The average molecular weight is 335 g/mol. The molecule has 0 N–H and O–H groups in total. The Morgan fingerprint density at radius 2 is 1.23 bits per heavy atom. The van der Waals surface area contributed by atoms with Gasteiger partial charge in [-0.15, -0.1) is 0 Å². The van der Waals surface area contributed by atoms with Crippen molar-refractivity contribution in [1.29, 1.82) is 10.5 Å². The predicted molar refractivity (Wildman–Crippen MR) is 102 cm³/mol. The Balaban J connectivity index is 1.90. The van der Waals surface area contributed by atoms with E-state index in [9.17, 15) is 10.5 Å². The summed E-state index contributed by atoms with van der Waals surface area (Å²) in [6.07, 6.45) is 0. The Morgan fingerprint density at radius 3 is 1.77 bits per heavy atom. The zero-order valence-corrected chi connectivity index (χ0v) is 14.2. The Morgan fingerprint density at radius 1 is 0.731 bits per heavy atom. The molecule has 1 heterocycles. The minimum atomic E-state index is -0.712. The number of benzene rings is 3. The Kier molecular flexibility index (Phi) is 4.14. The van der Waals surface area contributed by atoms with Crippen LogP contribution in [0.15, 0.2) is 78.9 Å². The van der Waals surface area contributed by atoms with Gasteiger partial charge in [0.15, 0.2) is 0 Å². The first-order valence-corrected chi connectivity index (χ1v) is 8.62. The molecule has 3 aromatic rings. The Labute approximate surface area is 153 Å². The molecular formula is C23H17N3. The van der Waals surface area contributed by atoms with Crippen LogP contribution in [-0.4, -0.2) is 0 Å². The third-order valence-electron chi connectivity index (χ3n) is 4.92. The highest BCUT2D eigenvalue weighted by Gasteiger charge is 2.35. The summed E-state index contributed by atoms with van der Waals surface area (Å²) in [4.78, 5) is 2.28. The number of anilines is 2. The second-order valence-corrected chi connectivity index (χ2v) is 6.40. The largest absolute Gasteiger partial charge is 0.336 e. The molecular weight excluding hydrogens is 318 g/mol. The van der Waals surface area contributed by atoms with Crippen LogP contribution in [-0.2, 0) is 6.54 Å². The van der Waals surface area contributed by atoms with Crippen molar-refractivity contribution >= 4 is 11.4 Å². The highest BCUT2D eigenvalue weighted by Crippen LogP contribution is 2.48.